The fourth-order valence-electron chi connectivity index (χ4n) is 4.05. The number of halogens is 6. The fraction of sp³-hybridized carbons (Fsp3) is 1.00. The van der Waals surface area contributed by atoms with Gasteiger partial charge in [-0.25, -0.2) is 0 Å². The van der Waals surface area contributed by atoms with Crippen LogP contribution in [-0.4, -0.2) is 125 Å². The molecule has 6 N–H and O–H groups in total. The summed E-state index contributed by atoms with van der Waals surface area (Å²) in [5.74, 6) is 0. The molecule has 206 valence electrons. The van der Waals surface area contributed by atoms with Crippen molar-refractivity contribution in [3.05, 3.63) is 0 Å². The molecule has 6 unspecified atom stereocenters. The molecule has 0 radical (unpaired) electrons. The van der Waals surface area contributed by atoms with Gasteiger partial charge < -0.3 is 39.6 Å². The predicted molar refractivity (Wildman–Crippen MR) is 138 cm³/mol. The number of nitrogens with zero attached hydrogens (tertiary/aromatic N) is 2. The van der Waals surface area contributed by atoms with Crippen molar-refractivity contribution in [3.8, 4) is 0 Å². The van der Waals surface area contributed by atoms with E-state index in [1.54, 1.807) is 0 Å². The van der Waals surface area contributed by atoms with Crippen LogP contribution in [0.25, 0.3) is 0 Å². The molecule has 0 aromatic carbocycles. The third kappa shape index (κ3) is 17.8. The van der Waals surface area contributed by atoms with Crippen LogP contribution in [0.1, 0.15) is 38.5 Å². The highest BCUT2D eigenvalue weighted by Gasteiger charge is 2.36. The van der Waals surface area contributed by atoms with E-state index in [4.69, 9.17) is 69.6 Å². The van der Waals surface area contributed by atoms with Gasteiger partial charge in [0.2, 0.25) is 0 Å². The lowest BCUT2D eigenvalue weighted by Crippen LogP contribution is -2.60. The first-order valence-electron chi connectivity index (χ1n) is 11.3. The zero-order valence-electron chi connectivity index (χ0n) is 19.2. The molecule has 0 aliphatic heterocycles. The highest BCUT2D eigenvalue weighted by Crippen LogP contribution is 2.22. The van der Waals surface area contributed by atoms with Gasteiger partial charge in [0.1, 0.15) is 46.5 Å². The van der Waals surface area contributed by atoms with Crippen molar-refractivity contribution in [2.45, 2.75) is 71.9 Å². The van der Waals surface area contributed by atoms with E-state index < -0.39 is 33.4 Å². The zero-order valence-corrected chi connectivity index (χ0v) is 23.7. The second-order valence-electron chi connectivity index (χ2n) is 8.81. The lowest BCUT2D eigenvalue weighted by atomic mass is 10.1. The van der Waals surface area contributed by atoms with Crippen LogP contribution in [0.4, 0.5) is 0 Å². The molecule has 0 rings (SSSR count). The maximum atomic E-state index is 9.71. The average molecular weight is 617 g/mol. The molecule has 14 heteroatoms. The Balaban J connectivity index is 5.98. The molecule has 6 atom stereocenters. The quantitative estimate of drug-likeness (QED) is 0.0870. The van der Waals surface area contributed by atoms with Crippen molar-refractivity contribution in [1.29, 1.82) is 0 Å². The molecule has 0 fully saturated rings. The van der Waals surface area contributed by atoms with Gasteiger partial charge in [0.15, 0.2) is 0 Å². The minimum atomic E-state index is -1.07. The van der Waals surface area contributed by atoms with Gasteiger partial charge in [-0.05, 0) is 0 Å². The van der Waals surface area contributed by atoms with Crippen LogP contribution in [0, 0.1) is 0 Å². The minimum Gasteiger partial charge on any atom is -0.377 e. The van der Waals surface area contributed by atoms with Crippen molar-refractivity contribution < 1.29 is 39.6 Å². The summed E-state index contributed by atoms with van der Waals surface area (Å²) in [4.78, 5) is 0. The van der Waals surface area contributed by atoms with Gasteiger partial charge in [-0.3, -0.25) is 0 Å². The molecule has 0 aliphatic carbocycles. The number of aliphatic hydroxyl groups is 6. The van der Waals surface area contributed by atoms with Gasteiger partial charge in [-0.15, -0.1) is 0 Å². The van der Waals surface area contributed by atoms with Gasteiger partial charge in [0.25, 0.3) is 0 Å². The molecule has 0 heterocycles. The molecule has 0 aromatic heterocycles. The minimum absolute atomic E-state index is 0.263. The largest absolute Gasteiger partial charge is 0.377 e. The number of aliphatic hydroxyl groups excluding tert-OH is 6. The Bertz CT molecular complexity index is 411. The van der Waals surface area contributed by atoms with Gasteiger partial charge in [0.05, 0.1) is 39.3 Å². The first-order chi connectivity index (χ1) is 15.7. The highest BCUT2D eigenvalue weighted by atomic mass is 35.5. The molecule has 0 bridgehead atoms. The molecule has 0 aliphatic rings. The maximum Gasteiger partial charge on any atom is 0.133 e. The molecule has 0 amide bonds. The number of hydrogen-bond donors (Lipinski definition) is 6. The summed E-state index contributed by atoms with van der Waals surface area (Å²) in [6.45, 7) is 3.63. The average Bonchev–Trinajstić information content (AvgIpc) is 2.72. The molecule has 0 aromatic rings. The molecule has 34 heavy (non-hydrogen) atoms. The van der Waals surface area contributed by atoms with Crippen LogP contribution in [0.5, 0.6) is 0 Å². The molecule has 0 saturated carbocycles. The van der Waals surface area contributed by atoms with Crippen molar-refractivity contribution in [3.63, 3.8) is 0 Å². The van der Waals surface area contributed by atoms with E-state index in [0.29, 0.717) is 61.3 Å². The Hall–Kier alpha value is 1.42. The third-order valence-corrected chi connectivity index (χ3v) is 7.41. The van der Waals surface area contributed by atoms with Gasteiger partial charge in [-0.2, -0.15) is 0 Å². The summed E-state index contributed by atoms with van der Waals surface area (Å²) >= 11 is 34.9. The highest BCUT2D eigenvalue weighted by molar-refractivity contribution is 6.20. The molecular formula is C20H40Cl6N2O6+2. The monoisotopic (exact) mass is 614 g/mol. The Kier molecular flexibility index (Phi) is 19.4. The van der Waals surface area contributed by atoms with Crippen molar-refractivity contribution >= 4 is 69.6 Å². The summed E-state index contributed by atoms with van der Waals surface area (Å²) in [6.07, 6.45) is 1.58. The van der Waals surface area contributed by atoms with E-state index in [1.807, 2.05) is 0 Å². The van der Waals surface area contributed by atoms with Crippen LogP contribution >= 0.6 is 69.6 Å². The van der Waals surface area contributed by atoms with E-state index in [9.17, 15) is 30.6 Å². The normalized spacial score (nSPS) is 21.2. The Labute approximate surface area is 232 Å². The summed E-state index contributed by atoms with van der Waals surface area (Å²) in [5.41, 5.74) is -6.40. The smallest absolute Gasteiger partial charge is 0.133 e. The fourth-order valence-corrected chi connectivity index (χ4v) is 4.63. The summed E-state index contributed by atoms with van der Waals surface area (Å²) < 4.78 is 0.710. The van der Waals surface area contributed by atoms with Crippen LogP contribution in [-0.2, 0) is 0 Å². The molecular weight excluding hydrogens is 577 g/mol. The predicted octanol–water partition coefficient (Wildman–Crippen LogP) is 2.30. The number of quaternary nitrogens is 2. The Morgan fingerprint density at radius 3 is 0.588 bits per heavy atom. The Morgan fingerprint density at radius 1 is 0.324 bits per heavy atom. The molecule has 0 spiro atoms. The van der Waals surface area contributed by atoms with Gasteiger partial charge >= 0.3 is 0 Å². The third-order valence-electron chi connectivity index (χ3n) is 6.10. The van der Waals surface area contributed by atoms with Crippen LogP contribution < -0.4 is 0 Å². The zero-order chi connectivity index (χ0) is 26.4. The number of rotatable bonds is 21. The lowest BCUT2D eigenvalue weighted by molar-refractivity contribution is -0.982. The van der Waals surface area contributed by atoms with Crippen LogP contribution in [0.15, 0.2) is 0 Å². The molecule has 0 saturated heterocycles. The number of alkyl halides is 6. The summed E-state index contributed by atoms with van der Waals surface area (Å²) in [6, 6.07) is 0. The Morgan fingerprint density at radius 2 is 0.471 bits per heavy atom. The van der Waals surface area contributed by atoms with Crippen molar-refractivity contribution in [2.24, 2.45) is 0 Å². The second-order valence-corrected chi connectivity index (χ2v) is 11.8. The maximum absolute atomic E-state index is 9.71. The topological polar surface area (TPSA) is 121 Å². The molecule has 8 nitrogen and oxygen atoms in total. The lowest BCUT2D eigenvalue weighted by Gasteiger charge is -2.45. The first kappa shape index (κ1) is 35.4. The second kappa shape index (κ2) is 18.6. The van der Waals surface area contributed by atoms with E-state index in [1.165, 1.54) is 0 Å². The summed E-state index contributed by atoms with van der Waals surface area (Å²) in [7, 11) is 0. The van der Waals surface area contributed by atoms with Crippen molar-refractivity contribution in [2.75, 3.05) is 52.4 Å². The van der Waals surface area contributed by atoms with Crippen molar-refractivity contribution in [1.82, 2.24) is 0 Å². The van der Waals surface area contributed by atoms with Crippen LogP contribution in [0.2, 0.25) is 0 Å². The van der Waals surface area contributed by atoms with E-state index in [-0.39, 0.29) is 38.5 Å². The van der Waals surface area contributed by atoms with E-state index in [0.717, 1.165) is 0 Å². The summed E-state index contributed by atoms with van der Waals surface area (Å²) in [5, 5.41) is 58.2. The SMILES string of the molecule is OC(Cl)CC[N+](CCC(O)Cl)(CCC(O)Cl)CC[N+](CCC(O)Cl)(CCC(O)Cl)CCC(O)Cl. The van der Waals surface area contributed by atoms with E-state index in [2.05, 4.69) is 0 Å². The van der Waals surface area contributed by atoms with E-state index >= 15 is 0 Å². The van der Waals surface area contributed by atoms with Crippen LogP contribution in [0.3, 0.4) is 0 Å². The first-order valence-corrected chi connectivity index (χ1v) is 14.0. The number of hydrogen-bond acceptors (Lipinski definition) is 6. The van der Waals surface area contributed by atoms with Gasteiger partial charge in [0, 0.05) is 38.5 Å². The van der Waals surface area contributed by atoms with Gasteiger partial charge in [-0.1, -0.05) is 69.6 Å². The standard InChI is InChI=1S/C20H40Cl6N2O6/c21-15(29)1-7-27(8-2-16(22)30,9-3-17(23)31)13-14-28(10-4-18(24)32,11-5-19(25)33)12-6-20(26)34/h15-20,29-34H,1-14H2/q+2.